The third-order valence-electron chi connectivity index (χ3n) is 5.01. The molecule has 0 spiro atoms. The Kier molecular flexibility index (Phi) is 6.09. The van der Waals surface area contributed by atoms with Gasteiger partial charge >= 0.3 is 5.97 Å². The van der Waals surface area contributed by atoms with Gasteiger partial charge in [0.25, 0.3) is 11.8 Å². The van der Waals surface area contributed by atoms with Gasteiger partial charge in [0, 0.05) is 29.9 Å². The average molecular weight is 380 g/mol. The van der Waals surface area contributed by atoms with Gasteiger partial charge in [0.2, 0.25) is 0 Å². The van der Waals surface area contributed by atoms with Crippen molar-refractivity contribution >= 4 is 23.5 Å². The molecule has 28 heavy (non-hydrogen) atoms. The number of nitrogens with one attached hydrogen (secondary N) is 1. The minimum Gasteiger partial charge on any atom is -0.465 e. The number of carbonyl (C=O) groups is 3. The van der Waals surface area contributed by atoms with Crippen molar-refractivity contribution in [3.63, 3.8) is 0 Å². The lowest BCUT2D eigenvalue weighted by molar-refractivity contribution is 0.0599. The third kappa shape index (κ3) is 4.57. The number of hydrogen-bond acceptors (Lipinski definition) is 4. The summed E-state index contributed by atoms with van der Waals surface area (Å²) in [6, 6.07) is 13.2. The highest BCUT2D eigenvalue weighted by Gasteiger charge is 2.21. The summed E-state index contributed by atoms with van der Waals surface area (Å²) in [6.45, 7) is 3.74. The summed E-state index contributed by atoms with van der Waals surface area (Å²) in [5, 5.41) is 2.80. The molecule has 0 radical (unpaired) electrons. The quantitative estimate of drug-likeness (QED) is 0.823. The molecular weight excluding hydrogens is 356 g/mol. The average Bonchev–Trinajstić information content (AvgIpc) is 2.73. The predicted molar refractivity (Wildman–Crippen MR) is 106 cm³/mol. The fourth-order valence-corrected chi connectivity index (χ4v) is 3.20. The zero-order valence-corrected chi connectivity index (χ0v) is 16.1. The molecule has 0 aromatic heterocycles. The molecule has 6 nitrogen and oxygen atoms in total. The first-order valence-electron chi connectivity index (χ1n) is 9.37. The van der Waals surface area contributed by atoms with Crippen LogP contribution in [0.3, 0.4) is 0 Å². The number of nitrogens with zero attached hydrogens (tertiary/aromatic N) is 1. The fourth-order valence-electron chi connectivity index (χ4n) is 3.20. The van der Waals surface area contributed by atoms with Gasteiger partial charge in [-0.05, 0) is 61.2 Å². The van der Waals surface area contributed by atoms with Gasteiger partial charge in [-0.15, -0.1) is 0 Å². The van der Waals surface area contributed by atoms with E-state index in [1.807, 2.05) is 4.90 Å². The molecule has 0 bridgehead atoms. The molecule has 1 aliphatic rings. The van der Waals surface area contributed by atoms with Gasteiger partial charge in [-0.3, -0.25) is 9.59 Å². The monoisotopic (exact) mass is 380 g/mol. The summed E-state index contributed by atoms with van der Waals surface area (Å²) in [7, 11) is 1.31. The van der Waals surface area contributed by atoms with Gasteiger partial charge in [-0.2, -0.15) is 0 Å². The maximum atomic E-state index is 12.7. The highest BCUT2D eigenvalue weighted by Crippen LogP contribution is 2.20. The highest BCUT2D eigenvalue weighted by molar-refractivity contribution is 6.05. The van der Waals surface area contributed by atoms with Crippen molar-refractivity contribution in [3.8, 4) is 0 Å². The van der Waals surface area contributed by atoms with Crippen molar-refractivity contribution in [2.75, 3.05) is 25.5 Å². The summed E-state index contributed by atoms with van der Waals surface area (Å²) in [6.07, 6.45) is 2.04. The molecule has 0 atom stereocenters. The van der Waals surface area contributed by atoms with Crippen molar-refractivity contribution < 1.29 is 19.1 Å². The van der Waals surface area contributed by atoms with E-state index < -0.39 is 5.97 Å². The molecule has 0 aliphatic carbocycles. The van der Waals surface area contributed by atoms with Gasteiger partial charge in [-0.25, -0.2) is 4.79 Å². The van der Waals surface area contributed by atoms with Crippen LogP contribution in [0.4, 0.5) is 5.69 Å². The summed E-state index contributed by atoms with van der Waals surface area (Å²) in [5.41, 5.74) is 1.91. The third-order valence-corrected chi connectivity index (χ3v) is 5.01. The Hall–Kier alpha value is -3.15. The van der Waals surface area contributed by atoms with Crippen LogP contribution in [0.1, 0.15) is 50.8 Å². The first-order chi connectivity index (χ1) is 13.5. The molecule has 0 saturated carbocycles. The Balaban J connectivity index is 1.67. The molecule has 146 valence electrons. The van der Waals surface area contributed by atoms with Crippen LogP contribution in [0, 0.1) is 5.92 Å². The lowest BCUT2D eigenvalue weighted by Crippen LogP contribution is -2.37. The second-order valence-electron chi connectivity index (χ2n) is 7.08. The molecular formula is C22H24N2O4. The van der Waals surface area contributed by atoms with Crippen LogP contribution in [0.5, 0.6) is 0 Å². The van der Waals surface area contributed by atoms with Crippen LogP contribution in [0.15, 0.2) is 48.5 Å². The second-order valence-corrected chi connectivity index (χ2v) is 7.08. The van der Waals surface area contributed by atoms with Crippen molar-refractivity contribution in [1.29, 1.82) is 0 Å². The molecule has 6 heteroatoms. The van der Waals surface area contributed by atoms with E-state index in [0.717, 1.165) is 25.9 Å². The Morgan fingerprint density at radius 2 is 1.61 bits per heavy atom. The Labute approximate surface area is 164 Å². The molecule has 2 amide bonds. The fraction of sp³-hybridized carbons (Fsp3) is 0.318. The summed E-state index contributed by atoms with van der Waals surface area (Å²) in [5.74, 6) is -0.122. The zero-order valence-electron chi connectivity index (χ0n) is 16.1. The maximum Gasteiger partial charge on any atom is 0.337 e. The number of ether oxygens (including phenoxy) is 1. The number of carbonyl (C=O) groups excluding carboxylic acids is 3. The van der Waals surface area contributed by atoms with Crippen molar-refractivity contribution in [2.24, 2.45) is 5.92 Å². The van der Waals surface area contributed by atoms with Crippen molar-refractivity contribution in [1.82, 2.24) is 4.90 Å². The number of anilines is 1. The normalized spacial score (nSPS) is 14.4. The minimum atomic E-state index is -0.453. The first-order valence-corrected chi connectivity index (χ1v) is 9.37. The number of rotatable bonds is 4. The first kappa shape index (κ1) is 19.6. The lowest BCUT2D eigenvalue weighted by Gasteiger charge is -2.30. The number of hydrogen-bond donors (Lipinski definition) is 1. The molecule has 1 aliphatic heterocycles. The number of methoxy groups -OCH3 is 1. The predicted octanol–water partition coefficient (Wildman–Crippen LogP) is 3.60. The van der Waals surface area contributed by atoms with E-state index in [0.29, 0.717) is 28.3 Å². The van der Waals surface area contributed by atoms with Crippen LogP contribution >= 0.6 is 0 Å². The number of esters is 1. The largest absolute Gasteiger partial charge is 0.465 e. The number of likely N-dealkylation sites (tertiary alicyclic amines) is 1. The molecule has 1 fully saturated rings. The van der Waals surface area contributed by atoms with Crippen molar-refractivity contribution in [2.45, 2.75) is 19.8 Å². The molecule has 3 rings (SSSR count). The smallest absolute Gasteiger partial charge is 0.337 e. The Morgan fingerprint density at radius 3 is 2.25 bits per heavy atom. The van der Waals surface area contributed by atoms with E-state index >= 15 is 0 Å². The van der Waals surface area contributed by atoms with Crippen LogP contribution in [0.2, 0.25) is 0 Å². The zero-order chi connectivity index (χ0) is 20.1. The molecule has 1 N–H and O–H groups in total. The van der Waals surface area contributed by atoms with Gasteiger partial charge < -0.3 is 15.0 Å². The SMILES string of the molecule is COC(=O)c1ccc(C(=O)Nc2cccc(C(=O)N3CCC(C)CC3)c2)cc1. The summed E-state index contributed by atoms with van der Waals surface area (Å²) < 4.78 is 4.65. The van der Waals surface area contributed by atoms with E-state index in [4.69, 9.17) is 0 Å². The number of amides is 2. The highest BCUT2D eigenvalue weighted by atomic mass is 16.5. The second kappa shape index (κ2) is 8.69. The molecule has 2 aromatic carbocycles. The molecule has 0 unspecified atom stereocenters. The standard InChI is InChI=1S/C22H24N2O4/c1-15-10-12-24(13-11-15)21(26)18-4-3-5-19(14-18)23-20(25)16-6-8-17(9-7-16)22(27)28-2/h3-9,14-15H,10-13H2,1-2H3,(H,23,25). The van der Waals surface area contributed by atoms with Gasteiger partial charge in [-0.1, -0.05) is 13.0 Å². The van der Waals surface area contributed by atoms with E-state index in [1.165, 1.54) is 19.2 Å². The van der Waals surface area contributed by atoms with Gasteiger partial charge in [0.05, 0.1) is 12.7 Å². The topological polar surface area (TPSA) is 75.7 Å². The van der Waals surface area contributed by atoms with Crippen LogP contribution in [-0.4, -0.2) is 42.9 Å². The minimum absolute atomic E-state index is 0.00886. The van der Waals surface area contributed by atoms with Crippen molar-refractivity contribution in [3.05, 3.63) is 65.2 Å². The van der Waals surface area contributed by atoms with Crippen LogP contribution < -0.4 is 5.32 Å². The maximum absolute atomic E-state index is 12.7. The van der Waals surface area contributed by atoms with Crippen LogP contribution in [0.25, 0.3) is 0 Å². The van der Waals surface area contributed by atoms with E-state index in [9.17, 15) is 14.4 Å². The number of piperidine rings is 1. The van der Waals surface area contributed by atoms with E-state index in [1.54, 1.807) is 36.4 Å². The molecule has 1 saturated heterocycles. The van der Waals surface area contributed by atoms with Gasteiger partial charge in [0.1, 0.15) is 0 Å². The summed E-state index contributed by atoms with van der Waals surface area (Å²) in [4.78, 5) is 38.5. The summed E-state index contributed by atoms with van der Waals surface area (Å²) >= 11 is 0. The Morgan fingerprint density at radius 1 is 0.964 bits per heavy atom. The van der Waals surface area contributed by atoms with E-state index in [-0.39, 0.29) is 11.8 Å². The number of benzene rings is 2. The molecule has 1 heterocycles. The molecule has 2 aromatic rings. The van der Waals surface area contributed by atoms with Gasteiger partial charge in [0.15, 0.2) is 0 Å². The van der Waals surface area contributed by atoms with E-state index in [2.05, 4.69) is 17.0 Å². The van der Waals surface area contributed by atoms with Crippen LogP contribution in [-0.2, 0) is 4.74 Å². The lowest BCUT2D eigenvalue weighted by atomic mass is 9.98. The Bertz CT molecular complexity index is 868.